The Morgan fingerprint density at radius 1 is 1.16 bits per heavy atom. The third kappa shape index (κ3) is 2.45. The maximum atomic E-state index is 5.86. The van der Waals surface area contributed by atoms with Gasteiger partial charge in [0.15, 0.2) is 0 Å². The lowest BCUT2D eigenvalue weighted by atomic mass is 9.92. The van der Waals surface area contributed by atoms with E-state index in [4.69, 9.17) is 4.74 Å². The fourth-order valence-electron chi connectivity index (χ4n) is 3.01. The predicted octanol–water partition coefficient (Wildman–Crippen LogP) is 4.05. The molecule has 2 aromatic rings. The number of ether oxygens (including phenoxy) is 1. The largest absolute Gasteiger partial charge is 0.494 e. The molecule has 1 atom stereocenters. The Morgan fingerprint density at radius 3 is 2.84 bits per heavy atom. The second kappa shape index (κ2) is 5.62. The van der Waals surface area contributed by atoms with Crippen molar-refractivity contribution in [2.45, 2.75) is 32.2 Å². The van der Waals surface area contributed by atoms with Crippen LogP contribution < -0.4 is 10.1 Å². The molecule has 0 aliphatic carbocycles. The summed E-state index contributed by atoms with van der Waals surface area (Å²) >= 11 is 0. The summed E-state index contributed by atoms with van der Waals surface area (Å²) < 4.78 is 5.86. The summed E-state index contributed by atoms with van der Waals surface area (Å²) in [6.45, 7) is 3.88. The minimum atomic E-state index is 0.432. The second-order valence-electron chi connectivity index (χ2n) is 5.13. The van der Waals surface area contributed by atoms with Gasteiger partial charge in [-0.05, 0) is 43.1 Å². The van der Waals surface area contributed by atoms with Crippen LogP contribution >= 0.6 is 0 Å². The molecule has 1 fully saturated rings. The van der Waals surface area contributed by atoms with Crippen LogP contribution in [0.2, 0.25) is 0 Å². The first-order chi connectivity index (χ1) is 9.40. The number of piperidine rings is 1. The van der Waals surface area contributed by atoms with E-state index in [1.165, 1.54) is 35.6 Å². The average Bonchev–Trinajstić information content (AvgIpc) is 2.48. The molecule has 2 heteroatoms. The van der Waals surface area contributed by atoms with Crippen molar-refractivity contribution in [2.75, 3.05) is 13.2 Å². The molecule has 1 saturated heterocycles. The van der Waals surface area contributed by atoms with Crippen molar-refractivity contribution in [3.05, 3.63) is 42.0 Å². The molecule has 0 amide bonds. The molecule has 1 aliphatic heterocycles. The summed E-state index contributed by atoms with van der Waals surface area (Å²) in [6.07, 6.45) is 3.78. The van der Waals surface area contributed by atoms with Crippen molar-refractivity contribution in [1.29, 1.82) is 0 Å². The van der Waals surface area contributed by atoms with E-state index in [1.807, 2.05) is 6.92 Å². The van der Waals surface area contributed by atoms with Crippen LogP contribution in [0.5, 0.6) is 5.75 Å². The lowest BCUT2D eigenvalue weighted by molar-refractivity contribution is 0.325. The summed E-state index contributed by atoms with van der Waals surface area (Å²) in [5.74, 6) is 1.04. The van der Waals surface area contributed by atoms with Crippen molar-refractivity contribution in [1.82, 2.24) is 5.32 Å². The molecule has 1 N–H and O–H groups in total. The molecule has 1 aliphatic rings. The van der Waals surface area contributed by atoms with Crippen LogP contribution in [-0.4, -0.2) is 13.2 Å². The molecule has 1 unspecified atom stereocenters. The third-order valence-corrected chi connectivity index (χ3v) is 3.89. The first-order valence-electron chi connectivity index (χ1n) is 7.28. The summed E-state index contributed by atoms with van der Waals surface area (Å²) in [5, 5.41) is 6.27. The van der Waals surface area contributed by atoms with E-state index in [9.17, 15) is 0 Å². The number of benzene rings is 2. The first-order valence-corrected chi connectivity index (χ1v) is 7.28. The molecule has 19 heavy (non-hydrogen) atoms. The molecule has 0 radical (unpaired) electrons. The number of rotatable bonds is 3. The Labute approximate surface area is 114 Å². The van der Waals surface area contributed by atoms with E-state index in [-0.39, 0.29) is 0 Å². The zero-order chi connectivity index (χ0) is 13.1. The zero-order valence-electron chi connectivity index (χ0n) is 11.5. The summed E-state index contributed by atoms with van der Waals surface area (Å²) in [5.41, 5.74) is 1.35. The van der Waals surface area contributed by atoms with Crippen molar-refractivity contribution >= 4 is 10.8 Å². The van der Waals surface area contributed by atoms with Crippen molar-refractivity contribution in [3.8, 4) is 5.75 Å². The number of hydrogen-bond acceptors (Lipinski definition) is 2. The van der Waals surface area contributed by atoms with Crippen LogP contribution in [0.3, 0.4) is 0 Å². The van der Waals surface area contributed by atoms with E-state index in [1.54, 1.807) is 0 Å². The smallest absolute Gasteiger partial charge is 0.124 e. The highest BCUT2D eigenvalue weighted by atomic mass is 16.5. The van der Waals surface area contributed by atoms with Crippen molar-refractivity contribution in [2.24, 2.45) is 0 Å². The highest BCUT2D eigenvalue weighted by Crippen LogP contribution is 2.36. The highest BCUT2D eigenvalue weighted by molar-refractivity contribution is 5.88. The Hall–Kier alpha value is -1.54. The molecule has 0 aromatic heterocycles. The Bertz CT molecular complexity index is 558. The van der Waals surface area contributed by atoms with Crippen LogP contribution in [0, 0.1) is 0 Å². The van der Waals surface area contributed by atoms with Crippen LogP contribution in [0.15, 0.2) is 36.4 Å². The number of fused-ring (bicyclic) bond motifs is 1. The molecule has 3 rings (SSSR count). The molecular formula is C17H21NO. The van der Waals surface area contributed by atoms with Gasteiger partial charge in [0.2, 0.25) is 0 Å². The minimum Gasteiger partial charge on any atom is -0.494 e. The van der Waals surface area contributed by atoms with Crippen LogP contribution in [0.25, 0.3) is 10.8 Å². The fraction of sp³-hybridized carbons (Fsp3) is 0.412. The molecule has 0 saturated carbocycles. The van der Waals surface area contributed by atoms with Gasteiger partial charge in [0.1, 0.15) is 5.75 Å². The van der Waals surface area contributed by atoms with Gasteiger partial charge in [0, 0.05) is 11.6 Å². The van der Waals surface area contributed by atoms with Gasteiger partial charge in [-0.15, -0.1) is 0 Å². The van der Waals surface area contributed by atoms with Gasteiger partial charge in [-0.1, -0.05) is 36.8 Å². The fourth-order valence-corrected chi connectivity index (χ4v) is 3.01. The van der Waals surface area contributed by atoms with Gasteiger partial charge < -0.3 is 10.1 Å². The Balaban J connectivity index is 2.13. The van der Waals surface area contributed by atoms with E-state index in [2.05, 4.69) is 41.7 Å². The van der Waals surface area contributed by atoms with Gasteiger partial charge >= 0.3 is 0 Å². The molecular weight excluding hydrogens is 234 g/mol. The topological polar surface area (TPSA) is 21.3 Å². The summed E-state index contributed by atoms with van der Waals surface area (Å²) in [7, 11) is 0. The van der Waals surface area contributed by atoms with Gasteiger partial charge in [-0.25, -0.2) is 0 Å². The molecule has 1 heterocycles. The van der Waals surface area contributed by atoms with E-state index >= 15 is 0 Å². The summed E-state index contributed by atoms with van der Waals surface area (Å²) in [4.78, 5) is 0. The van der Waals surface area contributed by atoms with Crippen molar-refractivity contribution in [3.63, 3.8) is 0 Å². The maximum Gasteiger partial charge on any atom is 0.124 e. The summed E-state index contributed by atoms with van der Waals surface area (Å²) in [6, 6.07) is 13.3. The molecule has 0 bridgehead atoms. The van der Waals surface area contributed by atoms with Gasteiger partial charge in [-0.3, -0.25) is 0 Å². The molecule has 2 aromatic carbocycles. The Kier molecular flexibility index (Phi) is 3.69. The van der Waals surface area contributed by atoms with Crippen LogP contribution in [0.1, 0.15) is 37.8 Å². The maximum absolute atomic E-state index is 5.86. The van der Waals surface area contributed by atoms with Crippen molar-refractivity contribution < 1.29 is 4.74 Å². The number of nitrogens with one attached hydrogen (secondary N) is 1. The lowest BCUT2D eigenvalue weighted by Gasteiger charge is -2.27. The van der Waals surface area contributed by atoms with Gasteiger partial charge in [0.25, 0.3) is 0 Å². The van der Waals surface area contributed by atoms with E-state index in [0.29, 0.717) is 6.04 Å². The normalized spacial score (nSPS) is 19.5. The van der Waals surface area contributed by atoms with Gasteiger partial charge in [-0.2, -0.15) is 0 Å². The van der Waals surface area contributed by atoms with Crippen LogP contribution in [-0.2, 0) is 0 Å². The average molecular weight is 255 g/mol. The number of hydrogen-bond donors (Lipinski definition) is 1. The SMILES string of the molecule is CCOc1ccc2ccccc2c1C1CCCCN1. The molecule has 0 spiro atoms. The predicted molar refractivity (Wildman–Crippen MR) is 79.7 cm³/mol. The van der Waals surface area contributed by atoms with E-state index in [0.717, 1.165) is 18.9 Å². The van der Waals surface area contributed by atoms with Gasteiger partial charge in [0.05, 0.1) is 6.61 Å². The van der Waals surface area contributed by atoms with E-state index < -0.39 is 0 Å². The highest BCUT2D eigenvalue weighted by Gasteiger charge is 2.21. The molecule has 2 nitrogen and oxygen atoms in total. The second-order valence-corrected chi connectivity index (χ2v) is 5.13. The lowest BCUT2D eigenvalue weighted by Crippen LogP contribution is -2.27. The van der Waals surface area contributed by atoms with Crippen LogP contribution in [0.4, 0.5) is 0 Å². The minimum absolute atomic E-state index is 0.432. The standard InChI is InChI=1S/C17H21NO/c1-2-19-16-11-10-13-7-3-4-8-14(13)17(16)15-9-5-6-12-18-15/h3-4,7-8,10-11,15,18H,2,5-6,9,12H2,1H3. The Morgan fingerprint density at radius 2 is 2.05 bits per heavy atom. The quantitative estimate of drug-likeness (QED) is 0.893. The zero-order valence-corrected chi connectivity index (χ0v) is 11.5. The molecule has 100 valence electrons. The first kappa shape index (κ1) is 12.5. The monoisotopic (exact) mass is 255 g/mol. The third-order valence-electron chi connectivity index (χ3n) is 3.89.